The number of fused-ring (bicyclic) bond motifs is 3. The second-order valence-electron chi connectivity index (χ2n) is 9.33. The zero-order valence-corrected chi connectivity index (χ0v) is 18.3. The average Bonchev–Trinajstić information content (AvgIpc) is 3.11. The van der Waals surface area contributed by atoms with Crippen molar-refractivity contribution < 1.29 is 4.42 Å². The van der Waals surface area contributed by atoms with Gasteiger partial charge in [-0.2, -0.15) is 0 Å². The second kappa shape index (κ2) is 7.44. The quantitative estimate of drug-likeness (QED) is 0.435. The molecule has 0 radical (unpaired) electrons. The third kappa shape index (κ3) is 3.09. The van der Waals surface area contributed by atoms with Crippen molar-refractivity contribution in [2.24, 2.45) is 0 Å². The van der Waals surface area contributed by atoms with Crippen LogP contribution < -0.4 is 0 Å². The van der Waals surface area contributed by atoms with E-state index < -0.39 is 10.0 Å². The van der Waals surface area contributed by atoms with Crippen LogP contribution in [0.2, 0.25) is 0 Å². The Kier molecular flexibility index (Phi) is 4.95. The summed E-state index contributed by atoms with van der Waals surface area (Å²) < 4.78 is 6.18. The highest BCUT2D eigenvalue weighted by Gasteiger charge is 2.39. The minimum Gasteiger partial charge on any atom is -0.456 e. The van der Waals surface area contributed by atoms with Gasteiger partial charge >= 0.3 is 0 Å². The molecule has 2 aliphatic rings. The van der Waals surface area contributed by atoms with Crippen molar-refractivity contribution in [1.82, 2.24) is 0 Å². The van der Waals surface area contributed by atoms with Crippen LogP contribution in [0.4, 0.5) is 0 Å². The van der Waals surface area contributed by atoms with Crippen LogP contribution in [0.1, 0.15) is 69.8 Å². The van der Waals surface area contributed by atoms with Crippen LogP contribution in [0.3, 0.4) is 0 Å². The molecule has 2 saturated carbocycles. The summed E-state index contributed by atoms with van der Waals surface area (Å²) in [5.74, 6) is 0. The van der Waals surface area contributed by atoms with Gasteiger partial charge in [-0.05, 0) is 84.6 Å². The Labute approximate surface area is 171 Å². The topological polar surface area (TPSA) is 13.1 Å². The van der Waals surface area contributed by atoms with E-state index in [0.29, 0.717) is 0 Å². The molecule has 3 aromatic rings. The van der Waals surface area contributed by atoms with Crippen LogP contribution in [0.5, 0.6) is 0 Å². The van der Waals surface area contributed by atoms with E-state index in [1.807, 2.05) is 0 Å². The zero-order valence-electron chi connectivity index (χ0n) is 17.5. The fraction of sp³-hybridized carbons (Fsp3) is 0.538. The molecule has 1 nitrogen and oxygen atoms in total. The number of benzene rings is 2. The lowest BCUT2D eigenvalue weighted by Gasteiger charge is -2.52. The summed E-state index contributed by atoms with van der Waals surface area (Å²) >= 11 is 0. The molecule has 0 N–H and O–H groups in total. The van der Waals surface area contributed by atoms with E-state index in [1.165, 1.54) is 80.5 Å². The van der Waals surface area contributed by atoms with E-state index in [4.69, 9.17) is 4.42 Å². The molecular weight excluding hydrogens is 360 g/mol. The average molecular weight is 395 g/mol. The largest absolute Gasteiger partial charge is 0.456 e. The van der Waals surface area contributed by atoms with E-state index in [2.05, 4.69) is 49.6 Å². The summed E-state index contributed by atoms with van der Waals surface area (Å²) in [5.41, 5.74) is 3.40. The lowest BCUT2D eigenvalue weighted by molar-refractivity contribution is 0.486. The fourth-order valence-corrected chi connectivity index (χ4v) is 10.6. The van der Waals surface area contributed by atoms with Crippen LogP contribution in [-0.4, -0.2) is 16.8 Å². The Bertz CT molecular complexity index is 955. The summed E-state index contributed by atoms with van der Waals surface area (Å²) in [6.45, 7) is 2.18. The second-order valence-corrected chi connectivity index (χ2v) is 13.2. The first-order valence-corrected chi connectivity index (χ1v) is 13.5. The molecule has 1 aromatic heterocycles. The Hall–Kier alpha value is -1.41. The van der Waals surface area contributed by atoms with Crippen LogP contribution in [-0.2, 0) is 0 Å². The fourth-order valence-electron chi connectivity index (χ4n) is 5.91. The lowest BCUT2D eigenvalue weighted by Crippen LogP contribution is -2.31. The van der Waals surface area contributed by atoms with E-state index in [9.17, 15) is 0 Å². The number of furan rings is 1. The molecule has 2 aromatic carbocycles. The van der Waals surface area contributed by atoms with Crippen molar-refractivity contribution in [1.29, 1.82) is 0 Å². The highest BCUT2D eigenvalue weighted by atomic mass is 32.3. The Balaban J connectivity index is 1.65. The molecule has 2 fully saturated rings. The van der Waals surface area contributed by atoms with Gasteiger partial charge in [-0.3, -0.25) is 0 Å². The molecule has 0 amide bonds. The lowest BCUT2D eigenvalue weighted by atomic mass is 10.00. The maximum Gasteiger partial charge on any atom is 0.135 e. The predicted molar refractivity (Wildman–Crippen MR) is 124 cm³/mol. The Morgan fingerprint density at radius 1 is 0.714 bits per heavy atom. The minimum atomic E-state index is -0.811. The number of hydrogen-bond acceptors (Lipinski definition) is 1. The number of hydrogen-bond donors (Lipinski definition) is 0. The molecule has 0 bridgehead atoms. The zero-order chi connectivity index (χ0) is 19.1. The van der Waals surface area contributed by atoms with Crippen molar-refractivity contribution in [3.63, 3.8) is 0 Å². The van der Waals surface area contributed by atoms with Gasteiger partial charge in [0.25, 0.3) is 0 Å². The Morgan fingerprint density at radius 2 is 1.25 bits per heavy atom. The first kappa shape index (κ1) is 18.6. The SMILES string of the molecule is Cc1ccc2oc3ccc(S(C)(C4CCCCC4)C4CCCCC4)cc3c2c1. The smallest absolute Gasteiger partial charge is 0.135 e. The standard InChI is InChI=1S/C26H34OS/c1-19-13-15-25-23(17-19)24-18-22(14-16-26(24)27-25)28(2,20-9-5-3-6-10-20)21-11-7-4-8-12-21/h13-18,20-21H,3-12H2,1-2H3. The summed E-state index contributed by atoms with van der Waals surface area (Å²) in [4.78, 5) is 1.66. The molecule has 5 rings (SSSR count). The van der Waals surface area contributed by atoms with E-state index in [1.54, 1.807) is 4.90 Å². The van der Waals surface area contributed by atoms with Gasteiger partial charge in [-0.1, -0.05) is 50.2 Å². The van der Waals surface area contributed by atoms with Gasteiger partial charge in [-0.15, -0.1) is 0 Å². The third-order valence-corrected chi connectivity index (χ3v) is 12.6. The summed E-state index contributed by atoms with van der Waals surface area (Å²) in [6.07, 6.45) is 17.2. The van der Waals surface area contributed by atoms with Gasteiger partial charge in [0, 0.05) is 10.8 Å². The van der Waals surface area contributed by atoms with Gasteiger partial charge in [0.1, 0.15) is 11.2 Å². The molecule has 1 heterocycles. The van der Waals surface area contributed by atoms with Crippen molar-refractivity contribution in [3.8, 4) is 0 Å². The maximum atomic E-state index is 6.18. The number of rotatable bonds is 3. The summed E-state index contributed by atoms with van der Waals surface area (Å²) in [7, 11) is -0.811. The molecule has 0 atom stereocenters. The van der Waals surface area contributed by atoms with Crippen LogP contribution in [0, 0.1) is 6.92 Å². The molecule has 2 heteroatoms. The molecule has 28 heavy (non-hydrogen) atoms. The van der Waals surface area contributed by atoms with Gasteiger partial charge in [0.2, 0.25) is 0 Å². The summed E-state index contributed by atoms with van der Waals surface area (Å²) in [6, 6.07) is 13.9. The maximum absolute atomic E-state index is 6.18. The summed E-state index contributed by atoms with van der Waals surface area (Å²) in [5, 5.41) is 4.47. The monoisotopic (exact) mass is 394 g/mol. The Morgan fingerprint density at radius 3 is 1.86 bits per heavy atom. The van der Waals surface area contributed by atoms with Crippen LogP contribution >= 0.6 is 10.0 Å². The van der Waals surface area contributed by atoms with Crippen molar-refractivity contribution in [3.05, 3.63) is 42.0 Å². The predicted octanol–water partition coefficient (Wildman–Crippen LogP) is 8.35. The van der Waals surface area contributed by atoms with E-state index >= 15 is 0 Å². The van der Waals surface area contributed by atoms with Crippen molar-refractivity contribution in [2.45, 2.75) is 86.5 Å². The van der Waals surface area contributed by atoms with E-state index in [-0.39, 0.29) is 0 Å². The molecule has 0 aliphatic heterocycles. The first-order valence-electron chi connectivity index (χ1n) is 11.4. The molecule has 150 valence electrons. The van der Waals surface area contributed by atoms with Crippen molar-refractivity contribution >= 4 is 32.0 Å². The van der Waals surface area contributed by atoms with Crippen LogP contribution in [0.15, 0.2) is 45.7 Å². The normalized spacial score (nSPS) is 20.8. The molecular formula is C26H34OS. The molecule has 0 spiro atoms. The molecule has 2 aliphatic carbocycles. The van der Waals surface area contributed by atoms with Gasteiger partial charge in [-0.25, -0.2) is 10.0 Å². The van der Waals surface area contributed by atoms with Crippen molar-refractivity contribution in [2.75, 3.05) is 6.26 Å². The molecule has 0 unspecified atom stereocenters. The highest BCUT2D eigenvalue weighted by Crippen LogP contribution is 2.66. The number of aryl methyl sites for hydroxylation is 1. The van der Waals surface area contributed by atoms with Gasteiger partial charge < -0.3 is 4.42 Å². The third-order valence-electron chi connectivity index (χ3n) is 7.59. The first-order chi connectivity index (χ1) is 13.7. The molecule has 0 saturated heterocycles. The van der Waals surface area contributed by atoms with Gasteiger partial charge in [0.15, 0.2) is 0 Å². The minimum absolute atomic E-state index is 0.811. The van der Waals surface area contributed by atoms with E-state index in [0.717, 1.165) is 21.7 Å². The highest BCUT2D eigenvalue weighted by molar-refractivity contribution is 8.34. The van der Waals surface area contributed by atoms with Crippen LogP contribution in [0.25, 0.3) is 21.9 Å². The van der Waals surface area contributed by atoms with Gasteiger partial charge in [0.05, 0.1) is 0 Å².